The third-order valence-corrected chi connectivity index (χ3v) is 4.45. The quantitative estimate of drug-likeness (QED) is 0.780. The van der Waals surface area contributed by atoms with Crippen LogP contribution in [0.3, 0.4) is 0 Å². The summed E-state index contributed by atoms with van der Waals surface area (Å²) in [5, 5.41) is 2.99. The van der Waals surface area contributed by atoms with Crippen molar-refractivity contribution in [2.75, 3.05) is 20.8 Å². The Hall–Kier alpha value is -1.71. The van der Waals surface area contributed by atoms with E-state index >= 15 is 0 Å². The van der Waals surface area contributed by atoms with Gasteiger partial charge in [-0.1, -0.05) is 32.1 Å². The minimum Gasteiger partial charge on any atom is -0.493 e. The standard InChI is InChI=1S/C18H27NO3/c1-21-16-11-10-15(13-17(16)22-2)18(20)19-12-6-9-14-7-4-3-5-8-14/h10-11,13-14H,3-9,12H2,1-2H3,(H,19,20). The van der Waals surface area contributed by atoms with Gasteiger partial charge < -0.3 is 14.8 Å². The Bertz CT molecular complexity index is 481. The van der Waals surface area contributed by atoms with Crippen LogP contribution in [0.2, 0.25) is 0 Å². The highest BCUT2D eigenvalue weighted by molar-refractivity contribution is 5.94. The van der Waals surface area contributed by atoms with Gasteiger partial charge in [0.1, 0.15) is 0 Å². The van der Waals surface area contributed by atoms with E-state index in [2.05, 4.69) is 5.32 Å². The molecular formula is C18H27NO3. The number of hydrogen-bond acceptors (Lipinski definition) is 3. The van der Waals surface area contributed by atoms with E-state index in [4.69, 9.17) is 9.47 Å². The lowest BCUT2D eigenvalue weighted by atomic mass is 9.86. The van der Waals surface area contributed by atoms with E-state index in [1.54, 1.807) is 32.4 Å². The van der Waals surface area contributed by atoms with Crippen LogP contribution < -0.4 is 14.8 Å². The molecule has 22 heavy (non-hydrogen) atoms. The highest BCUT2D eigenvalue weighted by atomic mass is 16.5. The van der Waals surface area contributed by atoms with Crippen molar-refractivity contribution in [2.45, 2.75) is 44.9 Å². The number of nitrogens with one attached hydrogen (secondary N) is 1. The van der Waals surface area contributed by atoms with Crippen molar-refractivity contribution in [3.8, 4) is 11.5 Å². The van der Waals surface area contributed by atoms with Gasteiger partial charge in [0.2, 0.25) is 0 Å². The van der Waals surface area contributed by atoms with Crippen LogP contribution in [0, 0.1) is 5.92 Å². The normalized spacial score (nSPS) is 15.4. The summed E-state index contributed by atoms with van der Waals surface area (Å²) in [7, 11) is 3.16. The summed E-state index contributed by atoms with van der Waals surface area (Å²) in [5.74, 6) is 2.03. The number of ether oxygens (including phenoxy) is 2. The van der Waals surface area contributed by atoms with Crippen molar-refractivity contribution < 1.29 is 14.3 Å². The van der Waals surface area contributed by atoms with Crippen molar-refractivity contribution in [1.82, 2.24) is 5.32 Å². The van der Waals surface area contributed by atoms with Crippen LogP contribution in [0.15, 0.2) is 18.2 Å². The minimum absolute atomic E-state index is 0.0513. The molecule has 0 bridgehead atoms. The molecule has 4 heteroatoms. The zero-order valence-corrected chi connectivity index (χ0v) is 13.7. The molecule has 1 saturated carbocycles. The van der Waals surface area contributed by atoms with Gasteiger partial charge in [0.15, 0.2) is 11.5 Å². The first-order chi connectivity index (χ1) is 10.7. The molecule has 0 unspecified atom stereocenters. The summed E-state index contributed by atoms with van der Waals surface area (Å²) in [6.07, 6.45) is 9.17. The Morgan fingerprint density at radius 1 is 1.14 bits per heavy atom. The molecule has 1 fully saturated rings. The second kappa shape index (κ2) is 8.66. The van der Waals surface area contributed by atoms with Crippen LogP contribution >= 0.6 is 0 Å². The Balaban J connectivity index is 1.77. The Labute approximate surface area is 133 Å². The van der Waals surface area contributed by atoms with E-state index in [1.165, 1.54) is 38.5 Å². The van der Waals surface area contributed by atoms with Gasteiger partial charge in [0.05, 0.1) is 14.2 Å². The summed E-state index contributed by atoms with van der Waals surface area (Å²) in [4.78, 5) is 12.2. The average molecular weight is 305 g/mol. The van der Waals surface area contributed by atoms with Crippen LogP contribution in [0.4, 0.5) is 0 Å². The number of methoxy groups -OCH3 is 2. The molecule has 122 valence electrons. The van der Waals surface area contributed by atoms with Crippen molar-refractivity contribution in [3.63, 3.8) is 0 Å². The summed E-state index contributed by atoms with van der Waals surface area (Å²) in [6, 6.07) is 5.24. The van der Waals surface area contributed by atoms with Gasteiger partial charge in [-0.25, -0.2) is 0 Å². The fourth-order valence-corrected chi connectivity index (χ4v) is 3.15. The smallest absolute Gasteiger partial charge is 0.251 e. The van der Waals surface area contributed by atoms with Gasteiger partial charge >= 0.3 is 0 Å². The Morgan fingerprint density at radius 3 is 2.55 bits per heavy atom. The first-order valence-corrected chi connectivity index (χ1v) is 8.25. The first-order valence-electron chi connectivity index (χ1n) is 8.25. The maximum Gasteiger partial charge on any atom is 0.251 e. The number of rotatable bonds is 7. The zero-order valence-electron chi connectivity index (χ0n) is 13.7. The number of hydrogen-bond donors (Lipinski definition) is 1. The number of carbonyl (C=O) groups is 1. The minimum atomic E-state index is -0.0513. The van der Waals surface area contributed by atoms with Crippen LogP contribution in [0.25, 0.3) is 0 Å². The number of carbonyl (C=O) groups excluding carboxylic acids is 1. The summed E-state index contributed by atoms with van der Waals surface area (Å²) in [6.45, 7) is 0.740. The zero-order chi connectivity index (χ0) is 15.8. The van der Waals surface area contributed by atoms with Gasteiger partial charge in [-0.3, -0.25) is 4.79 Å². The van der Waals surface area contributed by atoms with Gasteiger partial charge in [-0.15, -0.1) is 0 Å². The van der Waals surface area contributed by atoms with E-state index in [-0.39, 0.29) is 5.91 Å². The monoisotopic (exact) mass is 305 g/mol. The predicted octanol–water partition coefficient (Wildman–Crippen LogP) is 3.79. The van der Waals surface area contributed by atoms with E-state index in [9.17, 15) is 4.79 Å². The highest BCUT2D eigenvalue weighted by Gasteiger charge is 2.13. The molecule has 0 atom stereocenters. The lowest BCUT2D eigenvalue weighted by Crippen LogP contribution is -2.25. The molecule has 0 aliphatic heterocycles. The average Bonchev–Trinajstić information content (AvgIpc) is 2.58. The van der Waals surface area contributed by atoms with Gasteiger partial charge in [0.25, 0.3) is 5.91 Å². The maximum absolute atomic E-state index is 12.2. The summed E-state index contributed by atoms with van der Waals surface area (Å²) in [5.41, 5.74) is 0.607. The van der Waals surface area contributed by atoms with Crippen molar-refractivity contribution >= 4 is 5.91 Å². The molecule has 1 amide bonds. The topological polar surface area (TPSA) is 47.6 Å². The lowest BCUT2D eigenvalue weighted by molar-refractivity contribution is 0.0951. The Kier molecular flexibility index (Phi) is 6.56. The van der Waals surface area contributed by atoms with Crippen LogP contribution in [-0.4, -0.2) is 26.7 Å². The van der Waals surface area contributed by atoms with Crippen molar-refractivity contribution in [3.05, 3.63) is 23.8 Å². The molecule has 1 aliphatic carbocycles. The van der Waals surface area contributed by atoms with Gasteiger partial charge in [-0.2, -0.15) is 0 Å². The Morgan fingerprint density at radius 2 is 1.86 bits per heavy atom. The van der Waals surface area contributed by atoms with Crippen LogP contribution in [0.1, 0.15) is 55.3 Å². The molecule has 2 rings (SSSR count). The summed E-state index contributed by atoms with van der Waals surface area (Å²) >= 11 is 0. The van der Waals surface area contributed by atoms with Crippen molar-refractivity contribution in [2.24, 2.45) is 5.92 Å². The molecular weight excluding hydrogens is 278 g/mol. The molecule has 0 saturated heterocycles. The molecule has 0 radical (unpaired) electrons. The van der Waals surface area contributed by atoms with Crippen LogP contribution in [0.5, 0.6) is 11.5 Å². The fourth-order valence-electron chi connectivity index (χ4n) is 3.15. The number of benzene rings is 1. The van der Waals surface area contributed by atoms with Gasteiger partial charge in [-0.05, 0) is 37.0 Å². The third-order valence-electron chi connectivity index (χ3n) is 4.45. The number of amides is 1. The van der Waals surface area contributed by atoms with Crippen molar-refractivity contribution in [1.29, 1.82) is 0 Å². The molecule has 0 aromatic heterocycles. The fraction of sp³-hybridized carbons (Fsp3) is 0.611. The second-order valence-electron chi connectivity index (χ2n) is 5.97. The highest BCUT2D eigenvalue weighted by Crippen LogP contribution is 2.28. The lowest BCUT2D eigenvalue weighted by Gasteiger charge is -2.21. The first kappa shape index (κ1) is 16.7. The molecule has 1 aromatic rings. The van der Waals surface area contributed by atoms with Crippen LogP contribution in [-0.2, 0) is 0 Å². The largest absolute Gasteiger partial charge is 0.493 e. The van der Waals surface area contributed by atoms with E-state index in [0.29, 0.717) is 17.1 Å². The second-order valence-corrected chi connectivity index (χ2v) is 5.97. The SMILES string of the molecule is COc1ccc(C(=O)NCCCC2CCCCC2)cc1OC. The molecule has 1 aliphatic rings. The van der Waals surface area contributed by atoms with Gasteiger partial charge in [0, 0.05) is 12.1 Å². The summed E-state index contributed by atoms with van der Waals surface area (Å²) < 4.78 is 10.4. The third kappa shape index (κ3) is 4.65. The molecule has 4 nitrogen and oxygen atoms in total. The maximum atomic E-state index is 12.2. The molecule has 1 aromatic carbocycles. The molecule has 0 heterocycles. The van der Waals surface area contributed by atoms with E-state index in [0.717, 1.165) is 18.9 Å². The molecule has 1 N–H and O–H groups in total. The molecule has 0 spiro atoms. The van der Waals surface area contributed by atoms with E-state index < -0.39 is 0 Å². The predicted molar refractivity (Wildman–Crippen MR) is 87.7 cm³/mol. The van der Waals surface area contributed by atoms with E-state index in [1.807, 2.05) is 0 Å².